The molecular formula is C13H23N3O2. The van der Waals surface area contributed by atoms with Gasteiger partial charge in [0.05, 0.1) is 18.9 Å². The molecule has 0 aliphatic heterocycles. The highest BCUT2D eigenvalue weighted by Crippen LogP contribution is 2.23. The van der Waals surface area contributed by atoms with Crippen molar-refractivity contribution in [2.45, 2.75) is 26.7 Å². The topological polar surface area (TPSA) is 71.6 Å². The first-order valence-corrected chi connectivity index (χ1v) is 6.48. The van der Waals surface area contributed by atoms with Gasteiger partial charge in [0.2, 0.25) is 5.88 Å². The number of aromatic nitrogens is 1. The summed E-state index contributed by atoms with van der Waals surface area (Å²) in [7, 11) is 0. The van der Waals surface area contributed by atoms with Crippen molar-refractivity contribution in [3.05, 3.63) is 12.1 Å². The molecule has 3 N–H and O–H groups in total. The summed E-state index contributed by atoms with van der Waals surface area (Å²) in [6, 6.07) is 3.66. The van der Waals surface area contributed by atoms with Crippen LogP contribution in [0.4, 0.5) is 11.5 Å². The third-order valence-corrected chi connectivity index (χ3v) is 2.63. The average Bonchev–Trinajstić information content (AvgIpc) is 2.37. The fourth-order valence-electron chi connectivity index (χ4n) is 1.68. The number of aliphatic hydroxyl groups excluding tert-OH is 1. The van der Waals surface area contributed by atoms with E-state index < -0.39 is 0 Å². The van der Waals surface area contributed by atoms with Gasteiger partial charge in [-0.05, 0) is 25.5 Å². The van der Waals surface area contributed by atoms with Gasteiger partial charge < -0.3 is 20.5 Å². The molecule has 102 valence electrons. The van der Waals surface area contributed by atoms with Crippen molar-refractivity contribution in [1.82, 2.24) is 4.98 Å². The lowest BCUT2D eigenvalue weighted by Crippen LogP contribution is -2.28. The van der Waals surface area contributed by atoms with Gasteiger partial charge in [-0.1, -0.05) is 13.3 Å². The zero-order chi connectivity index (χ0) is 13.4. The number of nitrogen functional groups attached to an aromatic ring is 1. The molecule has 0 unspecified atom stereocenters. The quantitative estimate of drug-likeness (QED) is 0.737. The molecule has 0 saturated carbocycles. The van der Waals surface area contributed by atoms with Crippen LogP contribution in [0.3, 0.4) is 0 Å². The highest BCUT2D eigenvalue weighted by Gasteiger charge is 2.10. The fraction of sp³-hybridized carbons (Fsp3) is 0.615. The van der Waals surface area contributed by atoms with Crippen LogP contribution in [0.25, 0.3) is 0 Å². The first kappa shape index (κ1) is 14.6. The molecule has 1 heterocycles. The van der Waals surface area contributed by atoms with Gasteiger partial charge in [0.25, 0.3) is 0 Å². The molecule has 1 aromatic heterocycles. The molecule has 0 amide bonds. The molecular weight excluding hydrogens is 230 g/mol. The Morgan fingerprint density at radius 2 is 2.11 bits per heavy atom. The van der Waals surface area contributed by atoms with E-state index in [1.54, 1.807) is 6.07 Å². The van der Waals surface area contributed by atoms with Crippen LogP contribution in [0.15, 0.2) is 12.1 Å². The SMILES string of the molecule is CCCCN(CCO)c1ccc(N)c(OCC)n1. The minimum Gasteiger partial charge on any atom is -0.476 e. The van der Waals surface area contributed by atoms with Crippen molar-refractivity contribution in [2.24, 2.45) is 0 Å². The Hall–Kier alpha value is -1.49. The van der Waals surface area contributed by atoms with Crippen LogP contribution in [0.2, 0.25) is 0 Å². The third kappa shape index (κ3) is 4.07. The van der Waals surface area contributed by atoms with Crippen LogP contribution >= 0.6 is 0 Å². The smallest absolute Gasteiger partial charge is 0.239 e. The number of rotatable bonds is 8. The van der Waals surface area contributed by atoms with Crippen LogP contribution in [-0.4, -0.2) is 36.4 Å². The van der Waals surface area contributed by atoms with E-state index in [0.29, 0.717) is 24.7 Å². The van der Waals surface area contributed by atoms with Gasteiger partial charge in [-0.2, -0.15) is 4.98 Å². The lowest BCUT2D eigenvalue weighted by Gasteiger charge is -2.23. The van der Waals surface area contributed by atoms with Crippen molar-refractivity contribution >= 4 is 11.5 Å². The molecule has 0 saturated heterocycles. The van der Waals surface area contributed by atoms with Crippen LogP contribution in [0, 0.1) is 0 Å². The minimum atomic E-state index is 0.111. The van der Waals surface area contributed by atoms with E-state index in [-0.39, 0.29) is 6.61 Å². The first-order chi connectivity index (χ1) is 8.72. The maximum Gasteiger partial charge on any atom is 0.239 e. The van der Waals surface area contributed by atoms with E-state index in [1.807, 2.05) is 17.9 Å². The Morgan fingerprint density at radius 3 is 2.72 bits per heavy atom. The Kier molecular flexibility index (Phi) is 6.28. The first-order valence-electron chi connectivity index (χ1n) is 6.48. The highest BCUT2D eigenvalue weighted by molar-refractivity contribution is 5.54. The molecule has 5 nitrogen and oxygen atoms in total. The van der Waals surface area contributed by atoms with E-state index in [2.05, 4.69) is 11.9 Å². The van der Waals surface area contributed by atoms with Gasteiger partial charge in [0, 0.05) is 13.1 Å². The Bertz CT molecular complexity index is 358. The highest BCUT2D eigenvalue weighted by atomic mass is 16.5. The molecule has 0 spiro atoms. The monoisotopic (exact) mass is 253 g/mol. The average molecular weight is 253 g/mol. The number of hydrogen-bond acceptors (Lipinski definition) is 5. The zero-order valence-electron chi connectivity index (χ0n) is 11.2. The number of nitrogens with zero attached hydrogens (tertiary/aromatic N) is 2. The number of aliphatic hydroxyl groups is 1. The summed E-state index contributed by atoms with van der Waals surface area (Å²) < 4.78 is 5.38. The molecule has 0 aromatic carbocycles. The standard InChI is InChI=1S/C13H23N3O2/c1-3-5-8-16(9-10-17)12-7-6-11(14)13(15-12)18-4-2/h6-7,17H,3-5,8-10,14H2,1-2H3. The second-order valence-corrected chi connectivity index (χ2v) is 4.06. The van der Waals surface area contributed by atoms with Crippen LogP contribution in [0.5, 0.6) is 5.88 Å². The molecule has 1 aromatic rings. The van der Waals surface area contributed by atoms with E-state index in [9.17, 15) is 0 Å². The molecule has 0 atom stereocenters. The van der Waals surface area contributed by atoms with Gasteiger partial charge in [0.15, 0.2) is 0 Å². The van der Waals surface area contributed by atoms with E-state index >= 15 is 0 Å². The number of nitrogens with two attached hydrogens (primary N) is 1. The molecule has 0 fully saturated rings. The van der Waals surface area contributed by atoms with Crippen LogP contribution in [0.1, 0.15) is 26.7 Å². The summed E-state index contributed by atoms with van der Waals surface area (Å²) in [5.41, 5.74) is 6.34. The van der Waals surface area contributed by atoms with E-state index in [0.717, 1.165) is 25.2 Å². The predicted molar refractivity (Wildman–Crippen MR) is 74.0 cm³/mol. The van der Waals surface area contributed by atoms with Crippen molar-refractivity contribution in [2.75, 3.05) is 36.9 Å². The van der Waals surface area contributed by atoms with Crippen LogP contribution in [-0.2, 0) is 0 Å². The number of hydrogen-bond donors (Lipinski definition) is 2. The summed E-state index contributed by atoms with van der Waals surface area (Å²) >= 11 is 0. The van der Waals surface area contributed by atoms with E-state index in [1.165, 1.54) is 0 Å². The van der Waals surface area contributed by atoms with Gasteiger partial charge in [-0.25, -0.2) is 0 Å². The summed E-state index contributed by atoms with van der Waals surface area (Å²) in [4.78, 5) is 6.45. The number of pyridine rings is 1. The van der Waals surface area contributed by atoms with Gasteiger partial charge in [0.1, 0.15) is 5.82 Å². The maximum absolute atomic E-state index is 9.10. The molecule has 5 heteroatoms. The number of anilines is 2. The lowest BCUT2D eigenvalue weighted by atomic mass is 10.3. The Balaban J connectivity index is 2.85. The van der Waals surface area contributed by atoms with Gasteiger partial charge in [-0.15, -0.1) is 0 Å². The Labute approximate surface area is 109 Å². The summed E-state index contributed by atoms with van der Waals surface area (Å²) in [5.74, 6) is 1.27. The second kappa shape index (κ2) is 7.76. The molecule has 1 rings (SSSR count). The summed E-state index contributed by atoms with van der Waals surface area (Å²) in [5, 5.41) is 9.10. The third-order valence-electron chi connectivity index (χ3n) is 2.63. The summed E-state index contributed by atoms with van der Waals surface area (Å²) in [6.07, 6.45) is 2.17. The molecule has 0 aliphatic carbocycles. The van der Waals surface area contributed by atoms with Crippen molar-refractivity contribution in [1.29, 1.82) is 0 Å². The maximum atomic E-state index is 9.10. The van der Waals surface area contributed by atoms with Crippen molar-refractivity contribution in [3.8, 4) is 5.88 Å². The van der Waals surface area contributed by atoms with Crippen molar-refractivity contribution < 1.29 is 9.84 Å². The number of unbranched alkanes of at least 4 members (excludes halogenated alkanes) is 1. The normalized spacial score (nSPS) is 10.4. The number of ether oxygens (including phenoxy) is 1. The van der Waals surface area contributed by atoms with Crippen molar-refractivity contribution in [3.63, 3.8) is 0 Å². The van der Waals surface area contributed by atoms with Gasteiger partial charge in [-0.3, -0.25) is 0 Å². The molecule has 0 bridgehead atoms. The minimum absolute atomic E-state index is 0.111. The lowest BCUT2D eigenvalue weighted by molar-refractivity contribution is 0.300. The van der Waals surface area contributed by atoms with Gasteiger partial charge >= 0.3 is 0 Å². The zero-order valence-corrected chi connectivity index (χ0v) is 11.2. The molecule has 18 heavy (non-hydrogen) atoms. The largest absolute Gasteiger partial charge is 0.476 e. The predicted octanol–water partition coefficient (Wildman–Crippen LogP) is 1.66. The van der Waals surface area contributed by atoms with E-state index in [4.69, 9.17) is 15.6 Å². The fourth-order valence-corrected chi connectivity index (χ4v) is 1.68. The second-order valence-electron chi connectivity index (χ2n) is 4.06. The van der Waals surface area contributed by atoms with Crippen LogP contribution < -0.4 is 15.4 Å². The molecule has 0 aliphatic rings. The Morgan fingerprint density at radius 1 is 1.33 bits per heavy atom. The summed E-state index contributed by atoms with van der Waals surface area (Å²) in [6.45, 7) is 6.13. The molecule has 0 radical (unpaired) electrons.